The van der Waals surface area contributed by atoms with Gasteiger partial charge >= 0.3 is 6.18 Å². The second-order valence-electron chi connectivity index (χ2n) is 5.06. The molecule has 0 spiro atoms. The number of hydrogen-bond donors (Lipinski definition) is 1. The minimum absolute atomic E-state index is 0.0505. The van der Waals surface area contributed by atoms with E-state index in [1.165, 1.54) is 12.1 Å². The van der Waals surface area contributed by atoms with Gasteiger partial charge in [0.05, 0.1) is 17.8 Å². The Bertz CT molecular complexity index is 377. The first kappa shape index (κ1) is 15.0. The van der Waals surface area contributed by atoms with Gasteiger partial charge in [-0.15, -0.1) is 0 Å². The third-order valence-corrected chi connectivity index (χ3v) is 2.30. The number of aliphatic hydroxyl groups excluding tert-OH is 1. The summed E-state index contributed by atoms with van der Waals surface area (Å²) in [5, 5.41) is 9.77. The molecule has 1 aromatic rings. The molecule has 102 valence electrons. The van der Waals surface area contributed by atoms with Crippen LogP contribution in [-0.4, -0.2) is 17.3 Å². The summed E-state index contributed by atoms with van der Waals surface area (Å²) in [5.74, 6) is 0. The molecule has 0 amide bonds. The Morgan fingerprint density at radius 1 is 1.11 bits per heavy atom. The maximum Gasteiger partial charge on any atom is 0.416 e. The second-order valence-corrected chi connectivity index (χ2v) is 5.06. The number of aliphatic hydroxyl groups is 1. The van der Waals surface area contributed by atoms with E-state index in [4.69, 9.17) is 4.74 Å². The van der Waals surface area contributed by atoms with E-state index in [0.717, 1.165) is 12.1 Å². The number of halogens is 3. The van der Waals surface area contributed by atoms with E-state index in [9.17, 15) is 18.3 Å². The summed E-state index contributed by atoms with van der Waals surface area (Å²) >= 11 is 0. The van der Waals surface area contributed by atoms with Crippen LogP contribution in [0.1, 0.15) is 38.0 Å². The molecule has 0 radical (unpaired) electrons. The molecule has 1 unspecified atom stereocenters. The Balaban J connectivity index is 2.68. The van der Waals surface area contributed by atoms with Crippen LogP contribution in [0.5, 0.6) is 0 Å². The third-order valence-electron chi connectivity index (χ3n) is 2.30. The molecule has 1 atom stereocenters. The Kier molecular flexibility index (Phi) is 4.40. The van der Waals surface area contributed by atoms with Gasteiger partial charge in [0.2, 0.25) is 0 Å². The number of hydrogen-bond acceptors (Lipinski definition) is 2. The molecule has 5 heteroatoms. The maximum atomic E-state index is 12.3. The highest BCUT2D eigenvalue weighted by Crippen LogP contribution is 2.30. The van der Waals surface area contributed by atoms with Crippen molar-refractivity contribution in [2.75, 3.05) is 6.61 Å². The van der Waals surface area contributed by atoms with Crippen LogP contribution < -0.4 is 0 Å². The van der Waals surface area contributed by atoms with Gasteiger partial charge in [0, 0.05) is 0 Å². The van der Waals surface area contributed by atoms with Crippen LogP contribution in [-0.2, 0) is 10.9 Å². The quantitative estimate of drug-likeness (QED) is 0.902. The maximum absolute atomic E-state index is 12.3. The van der Waals surface area contributed by atoms with Crippen molar-refractivity contribution in [3.63, 3.8) is 0 Å². The lowest BCUT2D eigenvalue weighted by Crippen LogP contribution is -2.22. The molecule has 2 nitrogen and oxygen atoms in total. The average Bonchev–Trinajstić information content (AvgIpc) is 2.24. The molecule has 0 aliphatic rings. The van der Waals surface area contributed by atoms with Crippen molar-refractivity contribution in [3.8, 4) is 0 Å². The highest BCUT2D eigenvalue weighted by molar-refractivity contribution is 5.26. The fourth-order valence-corrected chi connectivity index (χ4v) is 1.32. The van der Waals surface area contributed by atoms with Crippen molar-refractivity contribution in [2.24, 2.45) is 0 Å². The van der Waals surface area contributed by atoms with E-state index in [1.54, 1.807) is 0 Å². The normalized spacial score (nSPS) is 14.6. The number of rotatable bonds is 3. The van der Waals surface area contributed by atoms with Gasteiger partial charge in [0.15, 0.2) is 0 Å². The first-order valence-electron chi connectivity index (χ1n) is 5.59. The van der Waals surface area contributed by atoms with E-state index in [2.05, 4.69) is 0 Å². The van der Waals surface area contributed by atoms with Crippen molar-refractivity contribution in [1.82, 2.24) is 0 Å². The largest absolute Gasteiger partial charge is 0.416 e. The van der Waals surface area contributed by atoms with E-state index in [-0.39, 0.29) is 6.61 Å². The first-order valence-corrected chi connectivity index (χ1v) is 5.59. The molecule has 1 rings (SSSR count). The summed E-state index contributed by atoms with van der Waals surface area (Å²) in [4.78, 5) is 0. The fourth-order valence-electron chi connectivity index (χ4n) is 1.32. The molecule has 0 aliphatic carbocycles. The van der Waals surface area contributed by atoms with Crippen LogP contribution in [0.3, 0.4) is 0 Å². The Morgan fingerprint density at radius 3 is 2.00 bits per heavy atom. The van der Waals surface area contributed by atoms with Crippen molar-refractivity contribution in [1.29, 1.82) is 0 Å². The molecular formula is C13H17F3O2. The van der Waals surface area contributed by atoms with E-state index in [0.29, 0.717) is 5.56 Å². The molecule has 1 N–H and O–H groups in total. The van der Waals surface area contributed by atoms with Gasteiger partial charge in [-0.3, -0.25) is 0 Å². The number of alkyl halides is 3. The zero-order valence-electron chi connectivity index (χ0n) is 10.6. The zero-order valence-corrected chi connectivity index (χ0v) is 10.6. The van der Waals surface area contributed by atoms with E-state index < -0.39 is 23.4 Å². The molecule has 18 heavy (non-hydrogen) atoms. The van der Waals surface area contributed by atoms with Gasteiger partial charge < -0.3 is 9.84 Å². The lowest BCUT2D eigenvalue weighted by molar-refractivity contribution is -0.137. The van der Waals surface area contributed by atoms with Gasteiger partial charge in [-0.1, -0.05) is 12.1 Å². The fraction of sp³-hybridized carbons (Fsp3) is 0.538. The SMILES string of the molecule is CC(C)(C)OCC(O)c1ccc(C(F)(F)F)cc1. The molecule has 0 aliphatic heterocycles. The summed E-state index contributed by atoms with van der Waals surface area (Å²) in [7, 11) is 0. The molecular weight excluding hydrogens is 245 g/mol. The summed E-state index contributed by atoms with van der Waals surface area (Å²) in [6.45, 7) is 5.57. The topological polar surface area (TPSA) is 29.5 Å². The van der Waals surface area contributed by atoms with Crippen molar-refractivity contribution in [3.05, 3.63) is 35.4 Å². The summed E-state index contributed by atoms with van der Waals surface area (Å²) in [6.07, 6.45) is -5.28. The van der Waals surface area contributed by atoms with Gasteiger partial charge in [0.1, 0.15) is 6.10 Å². The molecule has 0 bridgehead atoms. The van der Waals surface area contributed by atoms with Gasteiger partial charge in [-0.25, -0.2) is 0 Å². The predicted octanol–water partition coefficient (Wildman–Crippen LogP) is 3.55. The summed E-state index contributed by atoms with van der Waals surface area (Å²) in [5.41, 5.74) is -0.713. The molecule has 0 aromatic heterocycles. The first-order chi connectivity index (χ1) is 8.09. The highest BCUT2D eigenvalue weighted by Gasteiger charge is 2.30. The molecule has 0 saturated carbocycles. The minimum Gasteiger partial charge on any atom is -0.386 e. The highest BCUT2D eigenvalue weighted by atomic mass is 19.4. The summed E-state index contributed by atoms with van der Waals surface area (Å²) < 4.78 is 42.4. The third kappa shape index (κ3) is 4.66. The lowest BCUT2D eigenvalue weighted by Gasteiger charge is -2.22. The molecule has 0 saturated heterocycles. The summed E-state index contributed by atoms with van der Waals surface area (Å²) in [6, 6.07) is 4.43. The van der Waals surface area contributed by atoms with Crippen LogP contribution in [0.2, 0.25) is 0 Å². The Labute approximate surface area is 104 Å². The Hall–Kier alpha value is -1.07. The van der Waals surface area contributed by atoms with Crippen molar-refractivity contribution in [2.45, 2.75) is 38.7 Å². The molecule has 0 heterocycles. The van der Waals surface area contributed by atoms with E-state index >= 15 is 0 Å². The lowest BCUT2D eigenvalue weighted by atomic mass is 10.1. The average molecular weight is 262 g/mol. The van der Waals surface area contributed by atoms with Crippen molar-refractivity contribution < 1.29 is 23.0 Å². The number of benzene rings is 1. The minimum atomic E-state index is -4.36. The predicted molar refractivity (Wildman–Crippen MR) is 62.1 cm³/mol. The Morgan fingerprint density at radius 2 is 1.61 bits per heavy atom. The van der Waals surface area contributed by atoms with Crippen LogP contribution in [0.15, 0.2) is 24.3 Å². The van der Waals surface area contributed by atoms with Crippen LogP contribution in [0.4, 0.5) is 13.2 Å². The molecule has 1 aromatic carbocycles. The van der Waals surface area contributed by atoms with Crippen LogP contribution in [0.25, 0.3) is 0 Å². The van der Waals surface area contributed by atoms with Crippen LogP contribution in [0, 0.1) is 0 Å². The smallest absolute Gasteiger partial charge is 0.386 e. The molecule has 0 fully saturated rings. The van der Waals surface area contributed by atoms with Gasteiger partial charge in [-0.05, 0) is 38.5 Å². The van der Waals surface area contributed by atoms with E-state index in [1.807, 2.05) is 20.8 Å². The second kappa shape index (κ2) is 5.28. The van der Waals surface area contributed by atoms with Gasteiger partial charge in [0.25, 0.3) is 0 Å². The van der Waals surface area contributed by atoms with Gasteiger partial charge in [-0.2, -0.15) is 13.2 Å². The van der Waals surface area contributed by atoms with Crippen LogP contribution >= 0.6 is 0 Å². The zero-order chi connectivity index (χ0) is 14.0. The van der Waals surface area contributed by atoms with Crippen molar-refractivity contribution >= 4 is 0 Å². The number of ether oxygens (including phenoxy) is 1. The monoisotopic (exact) mass is 262 g/mol. The standard InChI is InChI=1S/C13H17F3O2/c1-12(2,3)18-8-11(17)9-4-6-10(7-5-9)13(14,15)16/h4-7,11,17H,8H2,1-3H3.